The molecule has 38 heavy (non-hydrogen) atoms. The first kappa shape index (κ1) is 28.9. The van der Waals surface area contributed by atoms with Crippen LogP contribution in [0.3, 0.4) is 0 Å². The van der Waals surface area contributed by atoms with E-state index < -0.39 is 30.5 Å². The van der Waals surface area contributed by atoms with Crippen molar-refractivity contribution in [2.24, 2.45) is 5.92 Å². The molecular weight excluding hydrogens is 481 g/mol. The van der Waals surface area contributed by atoms with E-state index in [1.165, 1.54) is 6.82 Å². The molecule has 0 aliphatic carbocycles. The van der Waals surface area contributed by atoms with E-state index in [1.807, 2.05) is 67.7 Å². The Balaban J connectivity index is 1.79. The first-order chi connectivity index (χ1) is 18.1. The second-order valence-electron chi connectivity index (χ2n) is 10.1. The quantitative estimate of drug-likeness (QED) is 0.192. The minimum atomic E-state index is -1.12. The van der Waals surface area contributed by atoms with Crippen molar-refractivity contribution < 1.29 is 19.4 Å². The van der Waals surface area contributed by atoms with Crippen LogP contribution < -0.4 is 21.2 Å². The molecule has 0 aliphatic rings. The van der Waals surface area contributed by atoms with E-state index in [0.29, 0.717) is 13.0 Å². The first-order valence-electron chi connectivity index (χ1n) is 13.0. The van der Waals surface area contributed by atoms with E-state index in [1.54, 1.807) is 13.8 Å². The van der Waals surface area contributed by atoms with Crippen LogP contribution in [0.1, 0.15) is 31.9 Å². The van der Waals surface area contributed by atoms with Gasteiger partial charge in [-0.2, -0.15) is 0 Å². The van der Waals surface area contributed by atoms with E-state index in [0.717, 1.165) is 22.0 Å². The topological polar surface area (TPSA) is 135 Å². The van der Waals surface area contributed by atoms with Crippen LogP contribution in [0.2, 0.25) is 6.82 Å². The molecule has 0 saturated heterocycles. The fraction of sp³-hybridized carbons (Fsp3) is 0.393. The van der Waals surface area contributed by atoms with E-state index in [2.05, 4.69) is 26.2 Å². The fourth-order valence-corrected chi connectivity index (χ4v) is 4.48. The van der Waals surface area contributed by atoms with Crippen molar-refractivity contribution >= 4 is 35.7 Å². The first-order valence-corrected chi connectivity index (χ1v) is 13.0. The summed E-state index contributed by atoms with van der Waals surface area (Å²) in [6.07, 6.45) is 2.55. The average molecular weight is 519 g/mol. The second-order valence-corrected chi connectivity index (χ2v) is 10.1. The van der Waals surface area contributed by atoms with Crippen molar-refractivity contribution in [2.45, 2.75) is 52.0 Å². The largest absolute Gasteiger partial charge is 0.437 e. The molecule has 202 valence electrons. The maximum absolute atomic E-state index is 13.5. The number of H-pyrrole nitrogens is 1. The lowest BCUT2D eigenvalue weighted by Gasteiger charge is -2.29. The highest BCUT2D eigenvalue weighted by Gasteiger charge is 2.33. The highest BCUT2D eigenvalue weighted by atomic mass is 16.2. The Morgan fingerprint density at radius 1 is 0.974 bits per heavy atom. The number of nitrogens with one attached hydrogen (secondary N) is 5. The summed E-state index contributed by atoms with van der Waals surface area (Å²) in [4.78, 5) is 42.6. The van der Waals surface area contributed by atoms with Crippen LogP contribution in [0.5, 0.6) is 0 Å². The third-order valence-electron chi connectivity index (χ3n) is 6.43. The van der Waals surface area contributed by atoms with Gasteiger partial charge >= 0.3 is 7.05 Å². The van der Waals surface area contributed by atoms with Crippen LogP contribution in [0, 0.1) is 5.92 Å². The Bertz CT molecular complexity index is 1230. The molecule has 2 aromatic carbocycles. The van der Waals surface area contributed by atoms with Gasteiger partial charge in [0.15, 0.2) is 0 Å². The highest BCUT2D eigenvalue weighted by Crippen LogP contribution is 2.20. The van der Waals surface area contributed by atoms with Crippen LogP contribution in [0.15, 0.2) is 60.8 Å². The number of hydrogen-bond acceptors (Lipinski definition) is 5. The number of aromatic amines is 1. The van der Waals surface area contributed by atoms with Gasteiger partial charge in [0, 0.05) is 36.6 Å². The van der Waals surface area contributed by atoms with Crippen molar-refractivity contribution in [3.63, 3.8) is 0 Å². The average Bonchev–Trinajstić information content (AvgIpc) is 3.28. The van der Waals surface area contributed by atoms with Gasteiger partial charge in [-0.25, -0.2) is 0 Å². The number of amides is 3. The highest BCUT2D eigenvalue weighted by molar-refractivity contribution is 6.46. The van der Waals surface area contributed by atoms with Gasteiger partial charge in [-0.1, -0.05) is 48.5 Å². The van der Waals surface area contributed by atoms with Crippen molar-refractivity contribution in [1.29, 1.82) is 0 Å². The van der Waals surface area contributed by atoms with Gasteiger partial charge in [0.2, 0.25) is 17.7 Å². The molecule has 2 unspecified atom stereocenters. The van der Waals surface area contributed by atoms with Gasteiger partial charge in [0.1, 0.15) is 6.04 Å². The molecule has 6 N–H and O–H groups in total. The zero-order chi connectivity index (χ0) is 27.7. The second kappa shape index (κ2) is 13.3. The van der Waals surface area contributed by atoms with Crippen molar-refractivity contribution in [3.05, 3.63) is 71.9 Å². The van der Waals surface area contributed by atoms with Gasteiger partial charge in [0.05, 0.1) is 11.5 Å². The molecular formula is C28H38BN5O4. The summed E-state index contributed by atoms with van der Waals surface area (Å²) in [5.41, 5.74) is 1.69. The predicted molar refractivity (Wildman–Crippen MR) is 150 cm³/mol. The SMILES string of the molecule is CCNC(=O)C(CNC(=O)C(Cc1c[nH]c2ccccc12)NC(=O)C(C)(C)NB(C)O)Cc1ccccc1. The van der Waals surface area contributed by atoms with E-state index >= 15 is 0 Å². The van der Waals surface area contributed by atoms with Crippen molar-refractivity contribution in [2.75, 3.05) is 13.1 Å². The van der Waals surface area contributed by atoms with Crippen molar-refractivity contribution in [1.82, 2.24) is 26.2 Å². The number of para-hydroxylation sites is 1. The Kier molecular flexibility index (Phi) is 10.1. The standard InChI is InChI=1S/C28H38BN5O4/c1-5-30-25(35)21(15-19-11-7-6-8-12-19)18-32-26(36)24(33-27(37)28(2,3)34-29(4)38)16-20-17-31-23-14-10-9-13-22(20)23/h6-14,17,21,24,31,34,38H,5,15-16,18H2,1-4H3,(H,30,35)(H,32,36)(H,33,37). The molecule has 2 atom stereocenters. The summed E-state index contributed by atoms with van der Waals surface area (Å²) in [5, 5.41) is 22.1. The van der Waals surface area contributed by atoms with Crippen LogP contribution in [-0.4, -0.2) is 59.5 Å². The molecule has 0 saturated carbocycles. The van der Waals surface area contributed by atoms with Crippen LogP contribution in [0.25, 0.3) is 10.9 Å². The van der Waals surface area contributed by atoms with Crippen LogP contribution >= 0.6 is 0 Å². The number of carbonyl (C=O) groups excluding carboxylic acids is 3. The normalized spacial score (nSPS) is 13.0. The summed E-state index contributed by atoms with van der Waals surface area (Å²) < 4.78 is 0. The van der Waals surface area contributed by atoms with E-state index in [-0.39, 0.29) is 24.8 Å². The van der Waals surface area contributed by atoms with Gasteiger partial charge in [0.25, 0.3) is 0 Å². The number of aromatic nitrogens is 1. The third kappa shape index (κ3) is 7.93. The number of hydrogen-bond donors (Lipinski definition) is 6. The summed E-state index contributed by atoms with van der Waals surface area (Å²) in [6, 6.07) is 16.5. The lowest BCUT2D eigenvalue weighted by molar-refractivity contribution is -0.132. The molecule has 1 heterocycles. The summed E-state index contributed by atoms with van der Waals surface area (Å²) in [6.45, 7) is 7.27. The van der Waals surface area contributed by atoms with E-state index in [9.17, 15) is 19.4 Å². The number of fused-ring (bicyclic) bond motifs is 1. The zero-order valence-electron chi connectivity index (χ0n) is 22.5. The molecule has 3 amide bonds. The van der Waals surface area contributed by atoms with Gasteiger partial charge in [-0.3, -0.25) is 14.4 Å². The Labute approximate surface area is 224 Å². The third-order valence-corrected chi connectivity index (χ3v) is 6.43. The molecule has 0 spiro atoms. The lowest BCUT2D eigenvalue weighted by Crippen LogP contribution is -2.61. The number of carbonyl (C=O) groups is 3. The Morgan fingerprint density at radius 3 is 2.34 bits per heavy atom. The molecule has 9 nitrogen and oxygen atoms in total. The molecule has 3 aromatic rings. The number of benzene rings is 2. The molecule has 0 aliphatic heterocycles. The monoisotopic (exact) mass is 519 g/mol. The van der Waals surface area contributed by atoms with E-state index in [4.69, 9.17) is 0 Å². The lowest BCUT2D eigenvalue weighted by atomic mass is 9.83. The number of rotatable bonds is 13. The molecule has 3 rings (SSSR count). The maximum Gasteiger partial charge on any atom is 0.374 e. The van der Waals surface area contributed by atoms with Gasteiger partial charge < -0.3 is 31.2 Å². The summed E-state index contributed by atoms with van der Waals surface area (Å²) in [7, 11) is -0.910. The fourth-order valence-electron chi connectivity index (χ4n) is 4.48. The smallest absolute Gasteiger partial charge is 0.374 e. The molecule has 0 fully saturated rings. The molecule has 10 heteroatoms. The van der Waals surface area contributed by atoms with Crippen LogP contribution in [-0.2, 0) is 27.2 Å². The Hall–Kier alpha value is -3.63. The molecule has 1 aromatic heterocycles. The predicted octanol–water partition coefficient (Wildman–Crippen LogP) is 1.78. The minimum Gasteiger partial charge on any atom is -0.437 e. The molecule has 0 radical (unpaired) electrons. The maximum atomic E-state index is 13.5. The minimum absolute atomic E-state index is 0.120. The summed E-state index contributed by atoms with van der Waals surface area (Å²) >= 11 is 0. The van der Waals surface area contributed by atoms with Crippen molar-refractivity contribution in [3.8, 4) is 0 Å². The van der Waals surface area contributed by atoms with Crippen LogP contribution in [0.4, 0.5) is 0 Å². The summed E-state index contributed by atoms with van der Waals surface area (Å²) in [5.74, 6) is -1.43. The van der Waals surface area contributed by atoms with Gasteiger partial charge in [-0.05, 0) is 51.2 Å². The zero-order valence-corrected chi connectivity index (χ0v) is 22.5. The molecule has 0 bridgehead atoms. The Morgan fingerprint density at radius 2 is 1.66 bits per heavy atom. The van der Waals surface area contributed by atoms with Gasteiger partial charge in [-0.15, -0.1) is 0 Å².